The molecule has 0 aliphatic carbocycles. The Bertz CT molecular complexity index is 1280. The molecule has 0 fully saturated rings. The molecular weight excluding hydrogens is 356 g/mol. The summed E-state index contributed by atoms with van der Waals surface area (Å²) in [6, 6.07) is 28.6. The van der Waals surface area contributed by atoms with Crippen LogP contribution < -0.4 is 9.92 Å². The summed E-state index contributed by atoms with van der Waals surface area (Å²) >= 11 is 0. The van der Waals surface area contributed by atoms with Gasteiger partial charge in [0.05, 0.1) is 8.07 Å². The Morgan fingerprint density at radius 3 is 2.07 bits per heavy atom. The van der Waals surface area contributed by atoms with Crippen molar-refractivity contribution in [2.45, 2.75) is 26.2 Å². The molecule has 0 saturated carbocycles. The van der Waals surface area contributed by atoms with E-state index < -0.39 is 8.07 Å². The van der Waals surface area contributed by atoms with Crippen LogP contribution in [0.1, 0.15) is 5.56 Å². The van der Waals surface area contributed by atoms with Gasteiger partial charge in [-0.05, 0) is 39.2 Å². The van der Waals surface area contributed by atoms with Crippen molar-refractivity contribution in [1.82, 2.24) is 0 Å². The van der Waals surface area contributed by atoms with Gasteiger partial charge in [0.2, 0.25) is 0 Å². The van der Waals surface area contributed by atoms with Gasteiger partial charge < -0.3 is 4.74 Å². The highest BCUT2D eigenvalue weighted by molar-refractivity contribution is 6.88. The van der Waals surface area contributed by atoms with E-state index in [1.165, 1.54) is 43.1 Å². The molecule has 0 saturated heterocycles. The summed E-state index contributed by atoms with van der Waals surface area (Å²) in [5.41, 5.74) is 1.24. The van der Waals surface area contributed by atoms with Crippen LogP contribution in [0.15, 0.2) is 78.9 Å². The van der Waals surface area contributed by atoms with E-state index in [0.29, 0.717) is 6.61 Å². The van der Waals surface area contributed by atoms with Crippen molar-refractivity contribution in [3.8, 4) is 5.75 Å². The van der Waals surface area contributed by atoms with Crippen LogP contribution in [0.25, 0.3) is 32.3 Å². The Morgan fingerprint density at radius 1 is 0.679 bits per heavy atom. The summed E-state index contributed by atoms with van der Waals surface area (Å²) in [5.74, 6) is 0.962. The van der Waals surface area contributed by atoms with Crippen molar-refractivity contribution < 1.29 is 4.74 Å². The van der Waals surface area contributed by atoms with Gasteiger partial charge in [0.1, 0.15) is 12.4 Å². The van der Waals surface area contributed by atoms with E-state index in [1.807, 2.05) is 0 Å². The SMILES string of the molecule is C[Si](C)(C)c1cccc(COc2ccc3ccc4cccc5ccc2c3c45)c1. The molecule has 0 aliphatic heterocycles. The lowest BCUT2D eigenvalue weighted by Gasteiger charge is -2.18. The first kappa shape index (κ1) is 17.3. The molecule has 28 heavy (non-hydrogen) atoms. The fourth-order valence-electron chi connectivity index (χ4n) is 4.12. The standard InChI is InChI=1S/C26H24OSi/c1-28(2,3)22-9-4-6-18(16-22)17-27-24-15-13-21-11-10-19-7-5-8-20-12-14-23(24)26(21)25(19)20/h4-16H,17H2,1-3H3. The molecule has 2 heteroatoms. The van der Waals surface area contributed by atoms with Crippen molar-refractivity contribution in [3.63, 3.8) is 0 Å². The number of hydrogen-bond acceptors (Lipinski definition) is 1. The van der Waals surface area contributed by atoms with Gasteiger partial charge >= 0.3 is 0 Å². The molecule has 0 aliphatic rings. The largest absolute Gasteiger partial charge is 0.488 e. The van der Waals surface area contributed by atoms with Crippen LogP contribution >= 0.6 is 0 Å². The van der Waals surface area contributed by atoms with Crippen molar-refractivity contribution in [3.05, 3.63) is 84.4 Å². The minimum atomic E-state index is -1.32. The van der Waals surface area contributed by atoms with Crippen molar-refractivity contribution in [2.75, 3.05) is 0 Å². The monoisotopic (exact) mass is 380 g/mol. The Hall–Kier alpha value is -2.84. The van der Waals surface area contributed by atoms with Crippen LogP contribution in [0, 0.1) is 0 Å². The van der Waals surface area contributed by atoms with E-state index in [1.54, 1.807) is 0 Å². The van der Waals surface area contributed by atoms with Gasteiger partial charge in [0.25, 0.3) is 0 Å². The number of ether oxygens (including phenoxy) is 1. The molecule has 0 atom stereocenters. The fraction of sp³-hybridized carbons (Fsp3) is 0.154. The molecule has 0 N–H and O–H groups in total. The molecule has 0 heterocycles. The maximum Gasteiger partial charge on any atom is 0.127 e. The van der Waals surface area contributed by atoms with Crippen LogP contribution in [0.5, 0.6) is 5.75 Å². The molecule has 0 amide bonds. The van der Waals surface area contributed by atoms with Gasteiger partial charge in [-0.15, -0.1) is 0 Å². The second-order valence-corrected chi connectivity index (χ2v) is 13.7. The van der Waals surface area contributed by atoms with E-state index in [9.17, 15) is 0 Å². The molecule has 0 aromatic heterocycles. The lowest BCUT2D eigenvalue weighted by molar-refractivity contribution is 0.310. The smallest absolute Gasteiger partial charge is 0.127 e. The third kappa shape index (κ3) is 2.85. The van der Waals surface area contributed by atoms with Gasteiger partial charge in [-0.3, -0.25) is 0 Å². The maximum absolute atomic E-state index is 6.33. The summed E-state index contributed by atoms with van der Waals surface area (Å²) in [4.78, 5) is 0. The first-order valence-corrected chi connectivity index (χ1v) is 13.4. The zero-order valence-corrected chi connectivity index (χ0v) is 17.6. The molecule has 0 spiro atoms. The quantitative estimate of drug-likeness (QED) is 0.249. The predicted octanol–water partition coefficient (Wildman–Crippen LogP) is 6.71. The van der Waals surface area contributed by atoms with Crippen molar-refractivity contribution in [2.24, 2.45) is 0 Å². The Kier molecular flexibility index (Phi) is 3.92. The highest BCUT2D eigenvalue weighted by Gasteiger charge is 2.16. The average molecular weight is 381 g/mol. The fourth-order valence-corrected chi connectivity index (χ4v) is 5.34. The third-order valence-corrected chi connectivity index (χ3v) is 7.72. The zero-order chi connectivity index (χ0) is 19.3. The summed E-state index contributed by atoms with van der Waals surface area (Å²) in [7, 11) is -1.32. The summed E-state index contributed by atoms with van der Waals surface area (Å²) in [6.45, 7) is 7.75. The Morgan fingerprint density at radius 2 is 1.32 bits per heavy atom. The lowest BCUT2D eigenvalue weighted by atomic mass is 9.94. The predicted molar refractivity (Wildman–Crippen MR) is 124 cm³/mol. The summed E-state index contributed by atoms with van der Waals surface area (Å²) in [6.07, 6.45) is 0. The molecule has 138 valence electrons. The van der Waals surface area contributed by atoms with E-state index in [4.69, 9.17) is 4.74 Å². The lowest BCUT2D eigenvalue weighted by Crippen LogP contribution is -2.37. The second kappa shape index (κ2) is 6.35. The zero-order valence-electron chi connectivity index (χ0n) is 16.6. The van der Waals surface area contributed by atoms with Crippen molar-refractivity contribution in [1.29, 1.82) is 0 Å². The van der Waals surface area contributed by atoms with E-state index in [0.717, 1.165) is 5.75 Å². The van der Waals surface area contributed by atoms with Gasteiger partial charge in [-0.2, -0.15) is 0 Å². The first-order valence-electron chi connectivity index (χ1n) is 9.89. The highest BCUT2D eigenvalue weighted by atomic mass is 28.3. The van der Waals surface area contributed by atoms with Gasteiger partial charge in [0, 0.05) is 10.8 Å². The molecule has 0 radical (unpaired) electrons. The van der Waals surface area contributed by atoms with E-state index in [2.05, 4.69) is 98.5 Å². The van der Waals surface area contributed by atoms with Crippen LogP contribution in [0.2, 0.25) is 19.6 Å². The van der Waals surface area contributed by atoms with Crippen molar-refractivity contribution >= 4 is 45.6 Å². The highest BCUT2D eigenvalue weighted by Crippen LogP contribution is 2.38. The number of hydrogen-bond donors (Lipinski definition) is 0. The Balaban J connectivity index is 1.57. The minimum absolute atomic E-state index is 0.599. The normalized spacial score (nSPS) is 12.2. The molecular formula is C26H24OSi. The van der Waals surface area contributed by atoms with Gasteiger partial charge in [0.15, 0.2) is 0 Å². The summed E-state index contributed by atoms with van der Waals surface area (Å²) in [5, 5.41) is 9.17. The topological polar surface area (TPSA) is 9.23 Å². The number of rotatable bonds is 4. The molecule has 1 nitrogen and oxygen atoms in total. The van der Waals surface area contributed by atoms with Crippen LogP contribution in [0.4, 0.5) is 0 Å². The Labute approximate surface area is 166 Å². The average Bonchev–Trinajstić information content (AvgIpc) is 2.70. The van der Waals surface area contributed by atoms with Gasteiger partial charge in [-0.1, -0.05) is 91.6 Å². The molecule has 5 aromatic carbocycles. The third-order valence-electron chi connectivity index (χ3n) is 5.68. The minimum Gasteiger partial charge on any atom is -0.488 e. The number of benzene rings is 5. The maximum atomic E-state index is 6.33. The van der Waals surface area contributed by atoms with E-state index in [-0.39, 0.29) is 0 Å². The first-order chi connectivity index (χ1) is 13.5. The van der Waals surface area contributed by atoms with Crippen LogP contribution in [-0.4, -0.2) is 8.07 Å². The molecule has 5 rings (SSSR count). The van der Waals surface area contributed by atoms with Crippen LogP contribution in [-0.2, 0) is 6.61 Å². The van der Waals surface area contributed by atoms with Gasteiger partial charge in [-0.25, -0.2) is 0 Å². The molecule has 5 aromatic rings. The van der Waals surface area contributed by atoms with E-state index >= 15 is 0 Å². The van der Waals surface area contributed by atoms with Crippen LogP contribution in [0.3, 0.4) is 0 Å². The second-order valence-electron chi connectivity index (χ2n) is 8.66. The summed E-state index contributed by atoms with van der Waals surface area (Å²) < 4.78 is 6.33. The molecule has 0 bridgehead atoms. The molecule has 0 unspecified atom stereocenters.